The summed E-state index contributed by atoms with van der Waals surface area (Å²) in [5, 5.41) is 0. The molecule has 0 spiro atoms. The van der Waals surface area contributed by atoms with E-state index in [0.717, 1.165) is 32.7 Å². The second-order valence-corrected chi connectivity index (χ2v) is 10.4. The monoisotopic (exact) mass is 372 g/mol. The first-order valence-corrected chi connectivity index (χ1v) is 10.5. The van der Waals surface area contributed by atoms with Crippen LogP contribution in [-0.2, 0) is 14.2 Å². The third kappa shape index (κ3) is 7.13. The molecule has 0 aliphatic heterocycles. The minimum atomic E-state index is -0.216. The highest BCUT2D eigenvalue weighted by atomic mass is 16.5. The molecule has 158 valence electrons. The van der Waals surface area contributed by atoms with Crippen LogP contribution in [0, 0.1) is 16.7 Å². The summed E-state index contributed by atoms with van der Waals surface area (Å²) in [6.45, 7) is 28.9. The maximum atomic E-state index is 6.49. The fourth-order valence-corrected chi connectivity index (χ4v) is 2.72. The van der Waals surface area contributed by atoms with Gasteiger partial charge in [-0.2, -0.15) is 0 Å². The SMILES string of the molecule is CCCOC(C)(C)C(C)(C)C(C)COC(C)(C)C(C)(C)CCOC(C)C. The number of hydrogen-bond donors (Lipinski definition) is 0. The number of hydrogen-bond acceptors (Lipinski definition) is 3. The molecule has 1 unspecified atom stereocenters. The van der Waals surface area contributed by atoms with Crippen molar-refractivity contribution in [3.8, 4) is 0 Å². The van der Waals surface area contributed by atoms with Crippen molar-refractivity contribution in [2.45, 2.75) is 113 Å². The van der Waals surface area contributed by atoms with Gasteiger partial charge in [0.1, 0.15) is 0 Å². The van der Waals surface area contributed by atoms with Crippen LogP contribution in [0.5, 0.6) is 0 Å². The molecule has 0 aliphatic carbocycles. The summed E-state index contributed by atoms with van der Waals surface area (Å²) in [5.41, 5.74) is -0.341. The van der Waals surface area contributed by atoms with Crippen LogP contribution in [-0.4, -0.2) is 37.1 Å². The smallest absolute Gasteiger partial charge is 0.0680 e. The van der Waals surface area contributed by atoms with Crippen molar-refractivity contribution in [3.05, 3.63) is 0 Å². The molecule has 3 nitrogen and oxygen atoms in total. The Bertz CT molecular complexity index is 394. The molecule has 26 heavy (non-hydrogen) atoms. The van der Waals surface area contributed by atoms with Crippen molar-refractivity contribution in [3.63, 3.8) is 0 Å². The molecule has 0 aromatic heterocycles. The van der Waals surface area contributed by atoms with Gasteiger partial charge in [-0.05, 0) is 71.1 Å². The molecule has 0 amide bonds. The van der Waals surface area contributed by atoms with E-state index in [1.807, 2.05) is 0 Å². The molecule has 0 aliphatic rings. The Morgan fingerprint density at radius 1 is 0.731 bits per heavy atom. The van der Waals surface area contributed by atoms with Gasteiger partial charge in [0.15, 0.2) is 0 Å². The molecular formula is C23H48O3. The number of ether oxygens (including phenoxy) is 3. The van der Waals surface area contributed by atoms with E-state index in [1.54, 1.807) is 0 Å². The molecule has 0 rings (SSSR count). The van der Waals surface area contributed by atoms with Gasteiger partial charge in [0.2, 0.25) is 0 Å². The molecule has 0 radical (unpaired) electrons. The van der Waals surface area contributed by atoms with Gasteiger partial charge in [-0.1, -0.05) is 41.5 Å². The third-order valence-electron chi connectivity index (χ3n) is 6.95. The van der Waals surface area contributed by atoms with E-state index >= 15 is 0 Å². The highest BCUT2D eigenvalue weighted by molar-refractivity contribution is 4.93. The fourth-order valence-electron chi connectivity index (χ4n) is 2.72. The standard InChI is InChI=1S/C23H48O3/c1-13-15-25-23(11,12)21(7,8)19(4)17-26-22(9,10)20(5,6)14-16-24-18(2)3/h18-19H,13-17H2,1-12H3. The van der Waals surface area contributed by atoms with Crippen molar-refractivity contribution in [1.29, 1.82) is 0 Å². The lowest BCUT2D eigenvalue weighted by atomic mass is 9.68. The van der Waals surface area contributed by atoms with E-state index in [0.29, 0.717) is 5.92 Å². The average Bonchev–Trinajstić information content (AvgIpc) is 2.49. The second-order valence-electron chi connectivity index (χ2n) is 10.4. The van der Waals surface area contributed by atoms with Crippen LogP contribution in [0.4, 0.5) is 0 Å². The van der Waals surface area contributed by atoms with Gasteiger partial charge in [-0.25, -0.2) is 0 Å². The first-order chi connectivity index (χ1) is 11.6. The highest BCUT2D eigenvalue weighted by Crippen LogP contribution is 2.43. The third-order valence-corrected chi connectivity index (χ3v) is 6.95. The van der Waals surface area contributed by atoms with Gasteiger partial charge in [0, 0.05) is 13.2 Å². The lowest BCUT2D eigenvalue weighted by Crippen LogP contribution is -2.49. The largest absolute Gasteiger partial charge is 0.379 e. The van der Waals surface area contributed by atoms with Gasteiger partial charge in [-0.15, -0.1) is 0 Å². The Kier molecular flexibility index (Phi) is 9.84. The summed E-state index contributed by atoms with van der Waals surface area (Å²) in [6, 6.07) is 0. The predicted molar refractivity (Wildman–Crippen MR) is 113 cm³/mol. The molecule has 0 bridgehead atoms. The summed E-state index contributed by atoms with van der Waals surface area (Å²) in [5.74, 6) is 0.386. The Labute approximate surface area is 164 Å². The quantitative estimate of drug-likeness (QED) is 0.370. The normalized spacial score (nSPS) is 15.6. The molecule has 0 saturated carbocycles. The lowest BCUT2D eigenvalue weighted by Gasteiger charge is -2.48. The van der Waals surface area contributed by atoms with Gasteiger partial charge in [-0.3, -0.25) is 0 Å². The first-order valence-electron chi connectivity index (χ1n) is 10.5. The molecule has 0 aromatic carbocycles. The summed E-state index contributed by atoms with van der Waals surface area (Å²) < 4.78 is 18.4. The van der Waals surface area contributed by atoms with Crippen LogP contribution in [0.15, 0.2) is 0 Å². The molecule has 0 aromatic rings. The molecule has 0 N–H and O–H groups in total. The fraction of sp³-hybridized carbons (Fsp3) is 1.00. The Hall–Kier alpha value is -0.120. The molecule has 0 fully saturated rings. The first kappa shape index (κ1) is 25.9. The number of rotatable bonds is 13. The van der Waals surface area contributed by atoms with E-state index < -0.39 is 0 Å². The van der Waals surface area contributed by atoms with Gasteiger partial charge < -0.3 is 14.2 Å². The highest BCUT2D eigenvalue weighted by Gasteiger charge is 2.44. The van der Waals surface area contributed by atoms with Gasteiger partial charge >= 0.3 is 0 Å². The minimum Gasteiger partial charge on any atom is -0.379 e. The van der Waals surface area contributed by atoms with E-state index in [2.05, 4.69) is 83.1 Å². The predicted octanol–water partition coefficient (Wildman–Crippen LogP) is 6.49. The van der Waals surface area contributed by atoms with E-state index in [9.17, 15) is 0 Å². The maximum absolute atomic E-state index is 6.49. The Morgan fingerprint density at radius 3 is 1.73 bits per heavy atom. The Morgan fingerprint density at radius 2 is 1.27 bits per heavy atom. The van der Waals surface area contributed by atoms with Crippen molar-refractivity contribution in [1.82, 2.24) is 0 Å². The van der Waals surface area contributed by atoms with Crippen LogP contribution in [0.2, 0.25) is 0 Å². The zero-order valence-corrected chi connectivity index (χ0v) is 19.9. The molecule has 1 atom stereocenters. The van der Waals surface area contributed by atoms with Crippen molar-refractivity contribution in [2.24, 2.45) is 16.7 Å². The van der Waals surface area contributed by atoms with Gasteiger partial charge in [0.05, 0.1) is 23.9 Å². The molecular weight excluding hydrogens is 324 g/mol. The summed E-state index contributed by atoms with van der Waals surface area (Å²) >= 11 is 0. The molecule has 0 heterocycles. The van der Waals surface area contributed by atoms with E-state index in [1.165, 1.54) is 0 Å². The zero-order valence-electron chi connectivity index (χ0n) is 19.9. The van der Waals surface area contributed by atoms with Crippen LogP contribution < -0.4 is 0 Å². The lowest BCUT2D eigenvalue weighted by molar-refractivity contribution is -0.160. The van der Waals surface area contributed by atoms with Crippen molar-refractivity contribution < 1.29 is 14.2 Å². The van der Waals surface area contributed by atoms with Gasteiger partial charge in [0.25, 0.3) is 0 Å². The second kappa shape index (κ2) is 9.89. The van der Waals surface area contributed by atoms with Crippen molar-refractivity contribution >= 4 is 0 Å². The Balaban J connectivity index is 4.86. The van der Waals surface area contributed by atoms with Crippen LogP contribution in [0.3, 0.4) is 0 Å². The summed E-state index contributed by atoms with van der Waals surface area (Å²) in [4.78, 5) is 0. The average molecular weight is 373 g/mol. The zero-order chi connectivity index (χ0) is 20.8. The van der Waals surface area contributed by atoms with Crippen LogP contribution >= 0.6 is 0 Å². The minimum absolute atomic E-state index is 0.0170. The summed E-state index contributed by atoms with van der Waals surface area (Å²) in [6.07, 6.45) is 2.31. The maximum Gasteiger partial charge on any atom is 0.0680 e. The molecule has 3 heteroatoms. The molecule has 0 saturated heterocycles. The summed E-state index contributed by atoms with van der Waals surface area (Å²) in [7, 11) is 0. The van der Waals surface area contributed by atoms with E-state index in [4.69, 9.17) is 14.2 Å². The van der Waals surface area contributed by atoms with E-state index in [-0.39, 0.29) is 28.1 Å². The topological polar surface area (TPSA) is 27.7 Å². The van der Waals surface area contributed by atoms with Crippen molar-refractivity contribution in [2.75, 3.05) is 19.8 Å². The van der Waals surface area contributed by atoms with Crippen LogP contribution in [0.25, 0.3) is 0 Å². The van der Waals surface area contributed by atoms with Crippen LogP contribution in [0.1, 0.15) is 95.9 Å².